The van der Waals surface area contributed by atoms with Gasteiger partial charge in [-0.2, -0.15) is 0 Å². The number of hydrogen-bond donors (Lipinski definition) is 1. The SMILES string of the molecule is CCNCC(Cc1ccc(C)cc1Cl)c1ccccc1Cl. The molecule has 1 nitrogen and oxygen atoms in total. The largest absolute Gasteiger partial charge is 0.316 e. The first-order chi connectivity index (χ1) is 10.1. The molecule has 0 aliphatic rings. The van der Waals surface area contributed by atoms with Gasteiger partial charge in [0.1, 0.15) is 0 Å². The first kappa shape index (κ1) is 16.4. The predicted molar refractivity (Wildman–Crippen MR) is 92.6 cm³/mol. The Morgan fingerprint density at radius 1 is 1.05 bits per heavy atom. The quantitative estimate of drug-likeness (QED) is 0.767. The van der Waals surface area contributed by atoms with Crippen LogP contribution in [0.4, 0.5) is 0 Å². The number of nitrogens with one attached hydrogen (secondary N) is 1. The number of benzene rings is 2. The van der Waals surface area contributed by atoms with Gasteiger partial charge in [0.2, 0.25) is 0 Å². The molecule has 0 spiro atoms. The van der Waals surface area contributed by atoms with Crippen molar-refractivity contribution < 1.29 is 0 Å². The second-order valence-corrected chi connectivity index (χ2v) is 6.14. The topological polar surface area (TPSA) is 12.0 Å². The summed E-state index contributed by atoms with van der Waals surface area (Å²) in [6.07, 6.45) is 0.885. The van der Waals surface area contributed by atoms with E-state index in [-0.39, 0.29) is 0 Å². The molecule has 0 saturated carbocycles. The Morgan fingerprint density at radius 2 is 1.81 bits per heavy atom. The van der Waals surface area contributed by atoms with Crippen molar-refractivity contribution in [2.24, 2.45) is 0 Å². The zero-order valence-electron chi connectivity index (χ0n) is 12.5. The zero-order chi connectivity index (χ0) is 15.2. The lowest BCUT2D eigenvalue weighted by molar-refractivity contribution is 0.595. The van der Waals surface area contributed by atoms with Crippen LogP contribution in [0.25, 0.3) is 0 Å². The van der Waals surface area contributed by atoms with Gasteiger partial charge in [-0.05, 0) is 48.7 Å². The lowest BCUT2D eigenvalue weighted by atomic mass is 9.91. The Labute approximate surface area is 137 Å². The minimum atomic E-state index is 0.318. The summed E-state index contributed by atoms with van der Waals surface area (Å²) in [4.78, 5) is 0. The van der Waals surface area contributed by atoms with E-state index >= 15 is 0 Å². The second-order valence-electron chi connectivity index (χ2n) is 5.33. The van der Waals surface area contributed by atoms with Crippen molar-refractivity contribution in [2.75, 3.05) is 13.1 Å². The number of rotatable bonds is 6. The standard InChI is InChI=1S/C18H21Cl2N/c1-3-21-12-15(16-6-4-5-7-17(16)19)11-14-9-8-13(2)10-18(14)20/h4-10,15,21H,3,11-12H2,1-2H3. The molecule has 2 rings (SSSR count). The number of likely N-dealkylation sites (N-methyl/N-ethyl adjacent to an activating group) is 1. The van der Waals surface area contributed by atoms with Crippen molar-refractivity contribution in [1.29, 1.82) is 0 Å². The summed E-state index contributed by atoms with van der Waals surface area (Å²) >= 11 is 12.7. The predicted octanol–water partition coefficient (Wildman–Crippen LogP) is 5.24. The third-order valence-electron chi connectivity index (χ3n) is 3.66. The van der Waals surface area contributed by atoms with Crippen LogP contribution >= 0.6 is 23.2 Å². The fourth-order valence-electron chi connectivity index (χ4n) is 2.50. The number of hydrogen-bond acceptors (Lipinski definition) is 1. The van der Waals surface area contributed by atoms with Crippen molar-refractivity contribution >= 4 is 23.2 Å². The summed E-state index contributed by atoms with van der Waals surface area (Å²) in [5.74, 6) is 0.318. The van der Waals surface area contributed by atoms with Gasteiger partial charge < -0.3 is 5.32 Å². The average molecular weight is 322 g/mol. The Bertz CT molecular complexity index is 596. The highest BCUT2D eigenvalue weighted by Crippen LogP contribution is 2.29. The maximum atomic E-state index is 6.38. The van der Waals surface area contributed by atoms with Gasteiger partial charge in [0.15, 0.2) is 0 Å². The molecule has 0 heterocycles. The lowest BCUT2D eigenvalue weighted by Gasteiger charge is -2.20. The van der Waals surface area contributed by atoms with Crippen LogP contribution in [0.5, 0.6) is 0 Å². The van der Waals surface area contributed by atoms with Crippen LogP contribution in [0.2, 0.25) is 10.0 Å². The van der Waals surface area contributed by atoms with E-state index in [1.54, 1.807) is 0 Å². The van der Waals surface area contributed by atoms with Crippen molar-refractivity contribution in [3.8, 4) is 0 Å². The Hall–Kier alpha value is -1.02. The number of aryl methyl sites for hydroxylation is 1. The first-order valence-corrected chi connectivity index (χ1v) is 8.07. The first-order valence-electron chi connectivity index (χ1n) is 7.32. The fraction of sp³-hybridized carbons (Fsp3) is 0.333. The highest BCUT2D eigenvalue weighted by Gasteiger charge is 2.16. The molecule has 2 aromatic rings. The Kier molecular flexibility index (Phi) is 6.10. The molecule has 0 aliphatic carbocycles. The van der Waals surface area contributed by atoms with E-state index in [9.17, 15) is 0 Å². The average Bonchev–Trinajstić information content (AvgIpc) is 2.46. The highest BCUT2D eigenvalue weighted by atomic mass is 35.5. The monoisotopic (exact) mass is 321 g/mol. The van der Waals surface area contributed by atoms with Gasteiger partial charge in [-0.25, -0.2) is 0 Å². The Morgan fingerprint density at radius 3 is 2.48 bits per heavy atom. The minimum Gasteiger partial charge on any atom is -0.316 e. The maximum absolute atomic E-state index is 6.38. The van der Waals surface area contributed by atoms with Crippen molar-refractivity contribution in [1.82, 2.24) is 5.32 Å². The van der Waals surface area contributed by atoms with E-state index in [0.717, 1.165) is 29.6 Å². The van der Waals surface area contributed by atoms with Crippen LogP contribution in [0, 0.1) is 6.92 Å². The van der Waals surface area contributed by atoms with E-state index in [4.69, 9.17) is 23.2 Å². The van der Waals surface area contributed by atoms with Crippen LogP contribution in [0.1, 0.15) is 29.5 Å². The Balaban J connectivity index is 2.26. The van der Waals surface area contributed by atoms with Crippen molar-refractivity contribution in [2.45, 2.75) is 26.2 Å². The summed E-state index contributed by atoms with van der Waals surface area (Å²) in [6, 6.07) is 14.3. The molecule has 0 radical (unpaired) electrons. The van der Waals surface area contributed by atoms with Gasteiger partial charge in [-0.15, -0.1) is 0 Å². The molecule has 3 heteroatoms. The summed E-state index contributed by atoms with van der Waals surface area (Å²) < 4.78 is 0. The zero-order valence-corrected chi connectivity index (χ0v) is 14.0. The summed E-state index contributed by atoms with van der Waals surface area (Å²) in [6.45, 7) is 6.01. The van der Waals surface area contributed by atoms with Gasteiger partial charge >= 0.3 is 0 Å². The molecule has 21 heavy (non-hydrogen) atoms. The maximum Gasteiger partial charge on any atom is 0.0441 e. The molecule has 0 fully saturated rings. The summed E-state index contributed by atoms with van der Waals surface area (Å²) in [5.41, 5.74) is 3.53. The smallest absolute Gasteiger partial charge is 0.0441 e. The summed E-state index contributed by atoms with van der Waals surface area (Å²) in [7, 11) is 0. The van der Waals surface area contributed by atoms with E-state index in [0.29, 0.717) is 5.92 Å². The molecule has 2 aromatic carbocycles. The molecule has 1 unspecified atom stereocenters. The van der Waals surface area contributed by atoms with Gasteiger partial charge in [-0.1, -0.05) is 60.5 Å². The van der Waals surface area contributed by atoms with Crippen LogP contribution in [0.15, 0.2) is 42.5 Å². The molecule has 0 amide bonds. The van der Waals surface area contributed by atoms with E-state index in [1.807, 2.05) is 24.3 Å². The molecule has 0 bridgehead atoms. The molecule has 1 atom stereocenters. The molecule has 0 aliphatic heterocycles. The van der Waals surface area contributed by atoms with Crippen LogP contribution in [-0.2, 0) is 6.42 Å². The lowest BCUT2D eigenvalue weighted by Crippen LogP contribution is -2.23. The van der Waals surface area contributed by atoms with Gasteiger partial charge in [-0.3, -0.25) is 0 Å². The molecular weight excluding hydrogens is 301 g/mol. The molecular formula is C18H21Cl2N. The second kappa shape index (κ2) is 7.84. The third-order valence-corrected chi connectivity index (χ3v) is 4.36. The minimum absolute atomic E-state index is 0.318. The summed E-state index contributed by atoms with van der Waals surface area (Å²) in [5, 5.41) is 5.08. The molecule has 0 saturated heterocycles. The van der Waals surface area contributed by atoms with E-state index < -0.39 is 0 Å². The molecule has 1 N–H and O–H groups in total. The van der Waals surface area contributed by atoms with Gasteiger partial charge in [0.25, 0.3) is 0 Å². The normalized spacial score (nSPS) is 12.4. The molecule has 0 aromatic heterocycles. The van der Waals surface area contributed by atoms with Gasteiger partial charge in [0, 0.05) is 22.5 Å². The van der Waals surface area contributed by atoms with E-state index in [2.05, 4.69) is 37.4 Å². The van der Waals surface area contributed by atoms with Crippen LogP contribution in [-0.4, -0.2) is 13.1 Å². The third kappa shape index (κ3) is 4.47. The van der Waals surface area contributed by atoms with Crippen molar-refractivity contribution in [3.63, 3.8) is 0 Å². The highest BCUT2D eigenvalue weighted by molar-refractivity contribution is 6.31. The van der Waals surface area contributed by atoms with Crippen molar-refractivity contribution in [3.05, 3.63) is 69.2 Å². The number of halogens is 2. The van der Waals surface area contributed by atoms with Crippen LogP contribution in [0.3, 0.4) is 0 Å². The molecule has 112 valence electrons. The van der Waals surface area contributed by atoms with E-state index in [1.165, 1.54) is 16.7 Å². The van der Waals surface area contributed by atoms with Gasteiger partial charge in [0.05, 0.1) is 0 Å². The van der Waals surface area contributed by atoms with Crippen LogP contribution < -0.4 is 5.32 Å². The fourth-order valence-corrected chi connectivity index (χ4v) is 3.10.